The van der Waals surface area contributed by atoms with Crippen LogP contribution in [0.25, 0.3) is 0 Å². The minimum atomic E-state index is -3.04. The number of aryl methyl sites for hydroxylation is 1. The Balaban J connectivity index is 2.02. The Hall–Kier alpha value is -3.15. The number of urea groups is 1. The molecule has 2 aromatic rings. The lowest BCUT2D eigenvalue weighted by Crippen LogP contribution is -2.37. The molecule has 1 aromatic carbocycles. The average molecular weight is 349 g/mol. The third-order valence-electron chi connectivity index (χ3n) is 3.22. The number of anilines is 1. The van der Waals surface area contributed by atoms with E-state index in [4.69, 9.17) is 5.26 Å². The summed E-state index contributed by atoms with van der Waals surface area (Å²) in [7, 11) is 0. The van der Waals surface area contributed by atoms with E-state index < -0.39 is 12.6 Å². The number of rotatable bonds is 6. The molecule has 3 N–H and O–H groups in total. The number of carbonyl (C=O) groups is 1. The van der Waals surface area contributed by atoms with Crippen LogP contribution >= 0.6 is 0 Å². The quantitative estimate of drug-likeness (QED) is 0.746. The topological polar surface area (TPSA) is 103 Å². The van der Waals surface area contributed by atoms with Crippen molar-refractivity contribution < 1.29 is 18.3 Å². The van der Waals surface area contributed by atoms with E-state index in [0.717, 1.165) is 11.4 Å². The molecule has 0 aliphatic rings. The van der Waals surface area contributed by atoms with Gasteiger partial charge in [0.05, 0.1) is 23.0 Å². The first-order valence-electron chi connectivity index (χ1n) is 7.44. The fourth-order valence-corrected chi connectivity index (χ4v) is 2.22. The molecule has 2 amide bonds. The summed E-state index contributed by atoms with van der Waals surface area (Å²) >= 11 is 0. The van der Waals surface area contributed by atoms with Crippen molar-refractivity contribution in [1.82, 2.24) is 15.5 Å². The van der Waals surface area contributed by atoms with Crippen molar-refractivity contribution in [3.05, 3.63) is 41.2 Å². The Kier molecular flexibility index (Phi) is 5.89. The summed E-state index contributed by atoms with van der Waals surface area (Å²) in [4.78, 5) is 12.1. The molecule has 9 heteroatoms. The van der Waals surface area contributed by atoms with Crippen LogP contribution in [0.1, 0.15) is 23.9 Å². The smallest absolute Gasteiger partial charge is 0.387 e. The Morgan fingerprint density at radius 3 is 2.80 bits per heavy atom. The summed E-state index contributed by atoms with van der Waals surface area (Å²) in [6, 6.07) is 6.67. The molecule has 0 saturated heterocycles. The van der Waals surface area contributed by atoms with E-state index in [9.17, 15) is 13.6 Å². The summed E-state index contributed by atoms with van der Waals surface area (Å²) in [5, 5.41) is 20.9. The van der Waals surface area contributed by atoms with E-state index in [1.165, 1.54) is 18.2 Å². The number of aromatic nitrogens is 2. The Morgan fingerprint density at radius 2 is 2.20 bits per heavy atom. The minimum Gasteiger partial charge on any atom is -0.433 e. The number of nitrogens with zero attached hydrogens (tertiary/aromatic N) is 2. The molecule has 2 rings (SSSR count). The molecule has 0 aliphatic heterocycles. The van der Waals surface area contributed by atoms with Crippen LogP contribution in [0.4, 0.5) is 19.3 Å². The third-order valence-corrected chi connectivity index (χ3v) is 3.22. The standard InChI is InChI=1S/C16H17F2N5O2/c1-9(5-12-6-10(2)22-23-12)20-16(24)21-13-7-11(8-19)3-4-14(13)25-15(17)18/h3-4,6-7,9,15H,5H2,1-2H3,(H,22,23)(H2,20,21,24)/t9-/m1/s1. The van der Waals surface area contributed by atoms with Crippen LogP contribution in [0, 0.1) is 18.3 Å². The van der Waals surface area contributed by atoms with E-state index in [2.05, 4.69) is 25.6 Å². The third kappa shape index (κ3) is 5.46. The number of ether oxygens (including phenoxy) is 1. The number of benzene rings is 1. The van der Waals surface area contributed by atoms with Gasteiger partial charge in [-0.3, -0.25) is 5.10 Å². The van der Waals surface area contributed by atoms with E-state index in [1.54, 1.807) is 6.92 Å². The van der Waals surface area contributed by atoms with Gasteiger partial charge in [0, 0.05) is 18.2 Å². The summed E-state index contributed by atoms with van der Waals surface area (Å²) in [5.41, 5.74) is 1.89. The van der Waals surface area contributed by atoms with Crippen molar-refractivity contribution in [3.8, 4) is 11.8 Å². The van der Waals surface area contributed by atoms with E-state index in [0.29, 0.717) is 6.42 Å². The number of carbonyl (C=O) groups excluding carboxylic acids is 1. The highest BCUT2D eigenvalue weighted by Gasteiger charge is 2.15. The summed E-state index contributed by atoms with van der Waals surface area (Å²) < 4.78 is 29.2. The first-order chi connectivity index (χ1) is 11.9. The van der Waals surface area contributed by atoms with Gasteiger partial charge in [-0.2, -0.15) is 19.1 Å². The SMILES string of the molecule is Cc1cc(C[C@@H](C)NC(=O)Nc2cc(C#N)ccc2OC(F)F)n[nH]1. The fourth-order valence-electron chi connectivity index (χ4n) is 2.22. The number of aromatic amines is 1. The van der Waals surface area contributed by atoms with Crippen molar-refractivity contribution >= 4 is 11.7 Å². The second-order valence-corrected chi connectivity index (χ2v) is 5.45. The van der Waals surface area contributed by atoms with Crippen LogP contribution in [-0.4, -0.2) is 28.9 Å². The van der Waals surface area contributed by atoms with Gasteiger partial charge in [-0.25, -0.2) is 4.79 Å². The lowest BCUT2D eigenvalue weighted by molar-refractivity contribution is -0.0493. The zero-order valence-corrected chi connectivity index (χ0v) is 13.6. The zero-order chi connectivity index (χ0) is 18.4. The molecular weight excluding hydrogens is 332 g/mol. The van der Waals surface area contributed by atoms with Gasteiger partial charge >= 0.3 is 12.6 Å². The Morgan fingerprint density at radius 1 is 1.44 bits per heavy atom. The summed E-state index contributed by atoms with van der Waals surface area (Å²) in [6.07, 6.45) is 0.496. The molecule has 0 radical (unpaired) electrons. The molecule has 25 heavy (non-hydrogen) atoms. The highest BCUT2D eigenvalue weighted by molar-refractivity contribution is 5.91. The maximum absolute atomic E-state index is 12.4. The molecule has 0 fully saturated rings. The van der Waals surface area contributed by atoms with Crippen LogP contribution in [0.3, 0.4) is 0 Å². The molecule has 0 bridgehead atoms. The first kappa shape index (κ1) is 18.2. The van der Waals surface area contributed by atoms with Crippen LogP contribution in [0.5, 0.6) is 5.75 Å². The normalized spacial score (nSPS) is 11.7. The van der Waals surface area contributed by atoms with Gasteiger partial charge in [-0.1, -0.05) is 0 Å². The minimum absolute atomic E-state index is 0.0142. The Bertz CT molecular complexity index is 785. The molecular formula is C16H17F2N5O2. The number of halogens is 2. The van der Waals surface area contributed by atoms with Crippen molar-refractivity contribution in [2.75, 3.05) is 5.32 Å². The highest BCUT2D eigenvalue weighted by Crippen LogP contribution is 2.27. The second-order valence-electron chi connectivity index (χ2n) is 5.45. The molecule has 7 nitrogen and oxygen atoms in total. The van der Waals surface area contributed by atoms with Gasteiger partial charge in [-0.05, 0) is 38.1 Å². The van der Waals surface area contributed by atoms with Crippen molar-refractivity contribution in [2.24, 2.45) is 0 Å². The first-order valence-corrected chi connectivity index (χ1v) is 7.44. The fraction of sp³-hybridized carbons (Fsp3) is 0.312. The number of amides is 2. The molecule has 0 saturated carbocycles. The van der Waals surface area contributed by atoms with Gasteiger partial charge in [0.2, 0.25) is 0 Å². The van der Waals surface area contributed by atoms with E-state index >= 15 is 0 Å². The average Bonchev–Trinajstić information content (AvgIpc) is 2.93. The van der Waals surface area contributed by atoms with E-state index in [-0.39, 0.29) is 23.0 Å². The number of nitrogens with one attached hydrogen (secondary N) is 3. The van der Waals surface area contributed by atoms with Crippen LogP contribution in [0.2, 0.25) is 0 Å². The lowest BCUT2D eigenvalue weighted by atomic mass is 10.2. The molecule has 0 aliphatic carbocycles. The van der Waals surface area contributed by atoms with Gasteiger partial charge in [0.25, 0.3) is 0 Å². The molecule has 1 heterocycles. The number of hydrogen-bond donors (Lipinski definition) is 3. The van der Waals surface area contributed by atoms with Gasteiger partial charge in [0.1, 0.15) is 5.75 Å². The second kappa shape index (κ2) is 8.10. The molecule has 1 atom stereocenters. The van der Waals surface area contributed by atoms with Crippen molar-refractivity contribution in [3.63, 3.8) is 0 Å². The predicted molar refractivity (Wildman–Crippen MR) is 86.4 cm³/mol. The van der Waals surface area contributed by atoms with Crippen LogP contribution in [0.15, 0.2) is 24.3 Å². The van der Waals surface area contributed by atoms with Gasteiger partial charge < -0.3 is 15.4 Å². The number of nitriles is 1. The monoisotopic (exact) mass is 349 g/mol. The maximum Gasteiger partial charge on any atom is 0.387 e. The largest absolute Gasteiger partial charge is 0.433 e. The lowest BCUT2D eigenvalue weighted by Gasteiger charge is -2.16. The number of H-pyrrole nitrogens is 1. The highest BCUT2D eigenvalue weighted by atomic mass is 19.3. The Labute approximate surface area is 143 Å². The van der Waals surface area contributed by atoms with Crippen LogP contribution in [-0.2, 0) is 6.42 Å². The van der Waals surface area contributed by atoms with Crippen LogP contribution < -0.4 is 15.4 Å². The van der Waals surface area contributed by atoms with Crippen molar-refractivity contribution in [1.29, 1.82) is 5.26 Å². The van der Waals surface area contributed by atoms with E-state index in [1.807, 2.05) is 19.1 Å². The maximum atomic E-state index is 12.4. The summed E-state index contributed by atoms with van der Waals surface area (Å²) in [5.74, 6) is -0.222. The summed E-state index contributed by atoms with van der Waals surface area (Å²) in [6.45, 7) is 0.609. The number of hydrogen-bond acceptors (Lipinski definition) is 4. The number of alkyl halides is 2. The van der Waals surface area contributed by atoms with Gasteiger partial charge in [-0.15, -0.1) is 0 Å². The molecule has 132 valence electrons. The molecule has 1 aromatic heterocycles. The molecule has 0 spiro atoms. The van der Waals surface area contributed by atoms with Crippen molar-refractivity contribution in [2.45, 2.75) is 32.9 Å². The predicted octanol–water partition coefficient (Wildman–Crippen LogP) is 2.94. The zero-order valence-electron chi connectivity index (χ0n) is 13.6. The molecule has 0 unspecified atom stereocenters. The van der Waals surface area contributed by atoms with Gasteiger partial charge in [0.15, 0.2) is 0 Å².